The molecule has 1 atom stereocenters. The zero-order chi connectivity index (χ0) is 16.4. The van der Waals surface area contributed by atoms with Crippen LogP contribution in [-0.2, 0) is 16.2 Å². The minimum Gasteiger partial charge on any atom is -0.381 e. The summed E-state index contributed by atoms with van der Waals surface area (Å²) in [6, 6.07) is 14.1. The van der Waals surface area contributed by atoms with Gasteiger partial charge in [-0.25, -0.2) is 4.39 Å². The largest absolute Gasteiger partial charge is 0.381 e. The van der Waals surface area contributed by atoms with Gasteiger partial charge in [0, 0.05) is 0 Å². The van der Waals surface area contributed by atoms with E-state index in [1.54, 1.807) is 25.1 Å². The van der Waals surface area contributed by atoms with Crippen LogP contribution >= 0.6 is 0 Å². The van der Waals surface area contributed by atoms with Crippen LogP contribution in [0.1, 0.15) is 23.6 Å². The topological polar surface area (TPSA) is 41.9 Å². The standard InChI is InChI=1S/C18H17FN2O2/c1-12-7-9-14(10-8-12)11-21-17(20-23-13(2)18(21)22)15-5-3-4-6-16(15)19/h3-10,13H,11H2,1-2H3. The van der Waals surface area contributed by atoms with Crippen molar-refractivity contribution in [3.8, 4) is 0 Å². The molecule has 0 fully saturated rings. The molecular formula is C18H17FN2O2. The van der Waals surface area contributed by atoms with Crippen molar-refractivity contribution in [2.75, 3.05) is 0 Å². The van der Waals surface area contributed by atoms with Crippen LogP contribution in [0.3, 0.4) is 0 Å². The lowest BCUT2D eigenvalue weighted by molar-refractivity contribution is -0.142. The third-order valence-electron chi connectivity index (χ3n) is 3.74. The molecule has 2 aromatic rings. The lowest BCUT2D eigenvalue weighted by atomic mass is 10.1. The number of carbonyl (C=O) groups is 1. The molecule has 1 unspecified atom stereocenters. The molecule has 0 radical (unpaired) electrons. The molecule has 3 rings (SSSR count). The van der Waals surface area contributed by atoms with Gasteiger partial charge in [0.05, 0.1) is 12.1 Å². The summed E-state index contributed by atoms with van der Waals surface area (Å²) < 4.78 is 14.1. The van der Waals surface area contributed by atoms with Crippen molar-refractivity contribution in [1.29, 1.82) is 0 Å². The molecule has 0 saturated heterocycles. The first-order chi connectivity index (χ1) is 11.1. The second-order valence-electron chi connectivity index (χ2n) is 5.55. The number of benzene rings is 2. The van der Waals surface area contributed by atoms with Crippen molar-refractivity contribution in [1.82, 2.24) is 4.90 Å². The van der Waals surface area contributed by atoms with Crippen molar-refractivity contribution < 1.29 is 14.0 Å². The molecule has 0 spiro atoms. The zero-order valence-electron chi connectivity index (χ0n) is 13.0. The Kier molecular flexibility index (Phi) is 4.10. The Morgan fingerprint density at radius 1 is 1.17 bits per heavy atom. The molecule has 5 heteroatoms. The van der Waals surface area contributed by atoms with E-state index in [9.17, 15) is 9.18 Å². The second kappa shape index (κ2) is 6.20. The number of amides is 1. The van der Waals surface area contributed by atoms with Gasteiger partial charge in [-0.15, -0.1) is 0 Å². The van der Waals surface area contributed by atoms with Crippen molar-refractivity contribution in [3.05, 3.63) is 71.0 Å². The molecule has 0 bridgehead atoms. The number of oxime groups is 1. The number of aryl methyl sites for hydroxylation is 1. The van der Waals surface area contributed by atoms with Crippen LogP contribution < -0.4 is 0 Å². The number of halogens is 1. The van der Waals surface area contributed by atoms with Crippen LogP contribution in [0.2, 0.25) is 0 Å². The minimum absolute atomic E-state index is 0.201. The van der Waals surface area contributed by atoms with Gasteiger partial charge in [-0.1, -0.05) is 47.1 Å². The molecule has 4 nitrogen and oxygen atoms in total. The molecule has 0 N–H and O–H groups in total. The highest BCUT2D eigenvalue weighted by molar-refractivity contribution is 6.09. The summed E-state index contributed by atoms with van der Waals surface area (Å²) in [6.07, 6.45) is -0.684. The number of rotatable bonds is 3. The number of carbonyl (C=O) groups excluding carboxylic acids is 1. The number of hydrogen-bond acceptors (Lipinski definition) is 3. The summed E-state index contributed by atoms with van der Waals surface area (Å²) in [5, 5.41) is 3.97. The van der Waals surface area contributed by atoms with Gasteiger partial charge in [0.1, 0.15) is 5.82 Å². The molecule has 1 aliphatic rings. The average molecular weight is 312 g/mol. The van der Waals surface area contributed by atoms with Gasteiger partial charge in [-0.3, -0.25) is 9.69 Å². The predicted molar refractivity (Wildman–Crippen MR) is 85.2 cm³/mol. The van der Waals surface area contributed by atoms with Crippen LogP contribution in [-0.4, -0.2) is 22.7 Å². The fourth-order valence-electron chi connectivity index (χ4n) is 2.41. The van der Waals surface area contributed by atoms with E-state index in [2.05, 4.69) is 5.16 Å². The molecule has 23 heavy (non-hydrogen) atoms. The normalized spacial score (nSPS) is 17.7. The number of hydrogen-bond donors (Lipinski definition) is 0. The summed E-state index contributed by atoms with van der Waals surface area (Å²) in [5.74, 6) is -0.475. The van der Waals surface area contributed by atoms with Crippen LogP contribution in [0.5, 0.6) is 0 Å². The van der Waals surface area contributed by atoms with Crippen molar-refractivity contribution in [2.24, 2.45) is 5.16 Å². The van der Waals surface area contributed by atoms with Crippen molar-refractivity contribution in [2.45, 2.75) is 26.5 Å². The first-order valence-electron chi connectivity index (χ1n) is 7.42. The van der Waals surface area contributed by atoms with Crippen molar-refractivity contribution in [3.63, 3.8) is 0 Å². The lowest BCUT2D eigenvalue weighted by Crippen LogP contribution is -2.46. The third kappa shape index (κ3) is 3.08. The summed E-state index contributed by atoms with van der Waals surface area (Å²) in [5.41, 5.74) is 2.33. The molecule has 1 amide bonds. The van der Waals surface area contributed by atoms with E-state index in [0.29, 0.717) is 6.54 Å². The van der Waals surface area contributed by atoms with E-state index in [-0.39, 0.29) is 17.3 Å². The Bertz CT molecular complexity index is 756. The minimum atomic E-state index is -0.684. The molecule has 118 valence electrons. The highest BCUT2D eigenvalue weighted by Gasteiger charge is 2.32. The Hall–Kier alpha value is -2.69. The molecule has 1 heterocycles. The van der Waals surface area contributed by atoms with Gasteiger partial charge in [-0.2, -0.15) is 0 Å². The van der Waals surface area contributed by atoms with Crippen LogP contribution in [0.25, 0.3) is 0 Å². The average Bonchev–Trinajstić information content (AvgIpc) is 2.55. The fourth-order valence-corrected chi connectivity index (χ4v) is 2.41. The van der Waals surface area contributed by atoms with Crippen LogP contribution in [0, 0.1) is 12.7 Å². The summed E-state index contributed by atoms with van der Waals surface area (Å²) in [6.45, 7) is 3.95. The van der Waals surface area contributed by atoms with Gasteiger partial charge in [0.15, 0.2) is 5.84 Å². The molecule has 0 aliphatic carbocycles. The maximum Gasteiger partial charge on any atom is 0.272 e. The fraction of sp³-hybridized carbons (Fsp3) is 0.222. The van der Waals surface area contributed by atoms with E-state index in [1.165, 1.54) is 11.0 Å². The van der Waals surface area contributed by atoms with Gasteiger partial charge in [0.2, 0.25) is 6.10 Å². The van der Waals surface area contributed by atoms with E-state index in [4.69, 9.17) is 4.84 Å². The Morgan fingerprint density at radius 2 is 1.87 bits per heavy atom. The van der Waals surface area contributed by atoms with E-state index >= 15 is 0 Å². The molecule has 2 aromatic carbocycles. The van der Waals surface area contributed by atoms with Crippen LogP contribution in [0.15, 0.2) is 53.7 Å². The first kappa shape index (κ1) is 15.2. The highest BCUT2D eigenvalue weighted by atomic mass is 19.1. The predicted octanol–water partition coefficient (Wildman–Crippen LogP) is 3.24. The van der Waals surface area contributed by atoms with Gasteiger partial charge in [0.25, 0.3) is 5.91 Å². The molecule has 0 aromatic heterocycles. The second-order valence-corrected chi connectivity index (χ2v) is 5.55. The maximum atomic E-state index is 14.1. The Balaban J connectivity index is 1.97. The summed E-state index contributed by atoms with van der Waals surface area (Å²) in [4.78, 5) is 19.1. The van der Waals surface area contributed by atoms with Gasteiger partial charge >= 0.3 is 0 Å². The quantitative estimate of drug-likeness (QED) is 0.873. The van der Waals surface area contributed by atoms with Gasteiger partial charge in [-0.05, 0) is 31.5 Å². The Labute approximate surface area is 134 Å². The molecular weight excluding hydrogens is 295 g/mol. The van der Waals surface area contributed by atoms with Crippen molar-refractivity contribution >= 4 is 11.7 Å². The summed E-state index contributed by atoms with van der Waals surface area (Å²) >= 11 is 0. The van der Waals surface area contributed by atoms with Crippen LogP contribution in [0.4, 0.5) is 4.39 Å². The monoisotopic (exact) mass is 312 g/mol. The highest BCUT2D eigenvalue weighted by Crippen LogP contribution is 2.20. The van der Waals surface area contributed by atoms with Gasteiger partial charge < -0.3 is 4.84 Å². The van der Waals surface area contributed by atoms with E-state index in [0.717, 1.165) is 11.1 Å². The third-order valence-corrected chi connectivity index (χ3v) is 3.74. The lowest BCUT2D eigenvalue weighted by Gasteiger charge is -2.30. The molecule has 1 aliphatic heterocycles. The Morgan fingerprint density at radius 3 is 2.57 bits per heavy atom. The number of amidine groups is 1. The maximum absolute atomic E-state index is 14.1. The zero-order valence-corrected chi connectivity index (χ0v) is 13.0. The first-order valence-corrected chi connectivity index (χ1v) is 7.42. The van der Waals surface area contributed by atoms with E-state index in [1.807, 2.05) is 31.2 Å². The molecule has 0 saturated carbocycles. The number of nitrogens with zero attached hydrogens (tertiary/aromatic N) is 2. The van der Waals surface area contributed by atoms with E-state index < -0.39 is 11.9 Å². The SMILES string of the molecule is Cc1ccc(CN2C(=O)C(C)ON=C2c2ccccc2F)cc1. The smallest absolute Gasteiger partial charge is 0.272 e. The summed E-state index contributed by atoms with van der Waals surface area (Å²) in [7, 11) is 0.